The zero-order valence-electron chi connectivity index (χ0n) is 12.7. The topological polar surface area (TPSA) is 32.6 Å². The van der Waals surface area contributed by atoms with Gasteiger partial charge < -0.3 is 14.8 Å². The van der Waals surface area contributed by atoms with Crippen LogP contribution >= 0.6 is 11.6 Å². The lowest BCUT2D eigenvalue weighted by Crippen LogP contribution is -2.38. The third kappa shape index (κ3) is 4.26. The average molecular weight is 305 g/mol. The normalized spacial score (nSPS) is 11.5. The van der Waals surface area contributed by atoms with Gasteiger partial charge in [0.05, 0.1) is 6.54 Å². The van der Waals surface area contributed by atoms with E-state index >= 15 is 0 Å². The summed E-state index contributed by atoms with van der Waals surface area (Å²) in [6, 6.07) is 12.0. The Bertz CT molecular complexity index is 618. The molecule has 1 aromatic heterocycles. The molecule has 0 aliphatic rings. The van der Waals surface area contributed by atoms with Gasteiger partial charge >= 0.3 is 0 Å². The first kappa shape index (κ1) is 15.4. The Morgan fingerprint density at radius 2 is 2.14 bits per heavy atom. The van der Waals surface area contributed by atoms with Gasteiger partial charge in [-0.1, -0.05) is 23.7 Å². The van der Waals surface area contributed by atoms with Crippen LogP contribution in [0.25, 0.3) is 0 Å². The number of nitrogens with one attached hydrogen (secondary N) is 1. The second-order valence-electron chi connectivity index (χ2n) is 5.00. The van der Waals surface area contributed by atoms with Crippen LogP contribution in [0.5, 0.6) is 0 Å². The van der Waals surface area contributed by atoms with Gasteiger partial charge in [-0.3, -0.25) is 4.99 Å². The smallest absolute Gasteiger partial charge is 0.194 e. The molecule has 0 atom stereocenters. The molecule has 0 radical (unpaired) electrons. The summed E-state index contributed by atoms with van der Waals surface area (Å²) in [4.78, 5) is 6.42. The fourth-order valence-corrected chi connectivity index (χ4v) is 2.40. The van der Waals surface area contributed by atoms with Crippen molar-refractivity contribution in [3.63, 3.8) is 0 Å². The Hall–Kier alpha value is -1.94. The van der Waals surface area contributed by atoms with Crippen molar-refractivity contribution in [1.82, 2.24) is 14.8 Å². The van der Waals surface area contributed by atoms with Gasteiger partial charge in [0.25, 0.3) is 0 Å². The summed E-state index contributed by atoms with van der Waals surface area (Å²) in [6.07, 6.45) is 2.05. The number of hydrogen-bond acceptors (Lipinski definition) is 1. The van der Waals surface area contributed by atoms with Crippen LogP contribution in [0.2, 0.25) is 5.02 Å². The van der Waals surface area contributed by atoms with E-state index in [1.807, 2.05) is 50.6 Å². The van der Waals surface area contributed by atoms with Crippen molar-refractivity contribution in [2.75, 3.05) is 14.1 Å². The predicted octanol–water partition coefficient (Wildman–Crippen LogP) is 2.89. The molecule has 2 aromatic rings. The third-order valence-electron chi connectivity index (χ3n) is 3.36. The standard InChI is InChI=1S/C16H21ClN4/c1-18-16(19-11-13-6-4-7-14(17)10-13)21(3)12-15-8-5-9-20(15)2/h4-10H,11-12H2,1-3H3,(H,18,19). The molecule has 1 heterocycles. The molecule has 1 aromatic carbocycles. The minimum Gasteiger partial charge on any atom is -0.353 e. The van der Waals surface area contributed by atoms with Crippen LogP contribution in [-0.4, -0.2) is 29.5 Å². The molecule has 0 bridgehead atoms. The van der Waals surface area contributed by atoms with Crippen LogP contribution in [-0.2, 0) is 20.1 Å². The fraction of sp³-hybridized carbons (Fsp3) is 0.312. The van der Waals surface area contributed by atoms with E-state index in [4.69, 9.17) is 11.6 Å². The van der Waals surface area contributed by atoms with Crippen molar-refractivity contribution in [1.29, 1.82) is 0 Å². The van der Waals surface area contributed by atoms with Crippen molar-refractivity contribution in [3.8, 4) is 0 Å². The van der Waals surface area contributed by atoms with Crippen LogP contribution < -0.4 is 5.32 Å². The maximum absolute atomic E-state index is 6.00. The monoisotopic (exact) mass is 304 g/mol. The van der Waals surface area contributed by atoms with Crippen molar-refractivity contribution in [2.24, 2.45) is 12.0 Å². The molecule has 0 fully saturated rings. The van der Waals surface area contributed by atoms with E-state index in [9.17, 15) is 0 Å². The van der Waals surface area contributed by atoms with Gasteiger partial charge in [0.2, 0.25) is 0 Å². The summed E-state index contributed by atoms with van der Waals surface area (Å²) in [5, 5.41) is 4.10. The zero-order chi connectivity index (χ0) is 15.2. The SMILES string of the molecule is CN=C(NCc1cccc(Cl)c1)N(C)Cc1cccn1C. The highest BCUT2D eigenvalue weighted by Crippen LogP contribution is 2.10. The second kappa shape index (κ2) is 7.18. The number of aromatic nitrogens is 1. The van der Waals surface area contributed by atoms with E-state index in [1.165, 1.54) is 5.69 Å². The van der Waals surface area contributed by atoms with Gasteiger partial charge in [-0.25, -0.2) is 0 Å². The number of halogens is 1. The molecular weight excluding hydrogens is 284 g/mol. The van der Waals surface area contributed by atoms with Crippen molar-refractivity contribution in [3.05, 3.63) is 58.9 Å². The summed E-state index contributed by atoms with van der Waals surface area (Å²) in [5.41, 5.74) is 2.37. The Morgan fingerprint density at radius 1 is 1.33 bits per heavy atom. The molecule has 2 rings (SSSR count). The molecule has 5 heteroatoms. The predicted molar refractivity (Wildman–Crippen MR) is 88.5 cm³/mol. The van der Waals surface area contributed by atoms with Crippen molar-refractivity contribution >= 4 is 17.6 Å². The summed E-state index contributed by atoms with van der Waals surface area (Å²) < 4.78 is 2.11. The molecule has 112 valence electrons. The number of rotatable bonds is 4. The summed E-state index contributed by atoms with van der Waals surface area (Å²) in [5.74, 6) is 0.858. The lowest BCUT2D eigenvalue weighted by atomic mass is 10.2. The molecule has 21 heavy (non-hydrogen) atoms. The number of hydrogen-bond donors (Lipinski definition) is 1. The van der Waals surface area contributed by atoms with Gasteiger partial charge in [-0.05, 0) is 29.8 Å². The molecular formula is C16H21ClN4. The second-order valence-corrected chi connectivity index (χ2v) is 5.43. The van der Waals surface area contributed by atoms with Crippen molar-refractivity contribution < 1.29 is 0 Å². The minimum absolute atomic E-state index is 0.699. The first-order valence-corrected chi connectivity index (χ1v) is 7.24. The molecule has 0 saturated carbocycles. The molecule has 0 spiro atoms. The number of guanidine groups is 1. The zero-order valence-corrected chi connectivity index (χ0v) is 13.4. The largest absolute Gasteiger partial charge is 0.353 e. The van der Waals surface area contributed by atoms with Crippen molar-refractivity contribution in [2.45, 2.75) is 13.1 Å². The average Bonchev–Trinajstić information content (AvgIpc) is 2.85. The van der Waals surface area contributed by atoms with Gasteiger partial charge in [0.1, 0.15) is 0 Å². The van der Waals surface area contributed by atoms with Gasteiger partial charge in [0, 0.05) is 44.6 Å². The van der Waals surface area contributed by atoms with E-state index in [0.717, 1.165) is 23.1 Å². The van der Waals surface area contributed by atoms with Gasteiger partial charge in [-0.2, -0.15) is 0 Å². The Kier molecular flexibility index (Phi) is 5.28. The van der Waals surface area contributed by atoms with E-state index < -0.39 is 0 Å². The highest BCUT2D eigenvalue weighted by molar-refractivity contribution is 6.30. The van der Waals surface area contributed by atoms with E-state index in [-0.39, 0.29) is 0 Å². The van der Waals surface area contributed by atoms with Crippen LogP contribution in [0, 0.1) is 0 Å². The molecule has 0 aliphatic heterocycles. The van der Waals surface area contributed by atoms with Crippen LogP contribution in [0.3, 0.4) is 0 Å². The van der Waals surface area contributed by atoms with Gasteiger partial charge in [-0.15, -0.1) is 0 Å². The maximum Gasteiger partial charge on any atom is 0.194 e. The van der Waals surface area contributed by atoms with Crippen LogP contribution in [0.15, 0.2) is 47.6 Å². The Labute approximate surface area is 131 Å². The van der Waals surface area contributed by atoms with E-state index in [1.54, 1.807) is 7.05 Å². The van der Waals surface area contributed by atoms with Crippen LogP contribution in [0.4, 0.5) is 0 Å². The quantitative estimate of drug-likeness (QED) is 0.696. The Morgan fingerprint density at radius 3 is 2.76 bits per heavy atom. The maximum atomic E-state index is 6.00. The lowest BCUT2D eigenvalue weighted by molar-refractivity contribution is 0.461. The summed E-state index contributed by atoms with van der Waals surface area (Å²) in [7, 11) is 5.87. The number of benzene rings is 1. The molecule has 1 N–H and O–H groups in total. The lowest BCUT2D eigenvalue weighted by Gasteiger charge is -2.22. The first-order valence-electron chi connectivity index (χ1n) is 6.86. The van der Waals surface area contributed by atoms with E-state index in [0.29, 0.717) is 6.54 Å². The first-order chi connectivity index (χ1) is 10.1. The number of aliphatic imine (C=N–C) groups is 1. The summed E-state index contributed by atoms with van der Waals surface area (Å²) in [6.45, 7) is 1.50. The molecule has 4 nitrogen and oxygen atoms in total. The number of aryl methyl sites for hydroxylation is 1. The highest BCUT2D eigenvalue weighted by atomic mass is 35.5. The van der Waals surface area contributed by atoms with Gasteiger partial charge in [0.15, 0.2) is 5.96 Å². The molecule has 0 saturated heterocycles. The van der Waals surface area contributed by atoms with E-state index in [2.05, 4.69) is 25.8 Å². The van der Waals surface area contributed by atoms with Crippen LogP contribution in [0.1, 0.15) is 11.3 Å². The third-order valence-corrected chi connectivity index (χ3v) is 3.60. The highest BCUT2D eigenvalue weighted by Gasteiger charge is 2.08. The molecule has 0 unspecified atom stereocenters. The minimum atomic E-state index is 0.699. The Balaban J connectivity index is 1.95. The number of nitrogens with zero attached hydrogens (tertiary/aromatic N) is 3. The molecule has 0 amide bonds. The summed E-state index contributed by atoms with van der Waals surface area (Å²) >= 11 is 6.00. The fourth-order valence-electron chi connectivity index (χ4n) is 2.19. The molecule has 0 aliphatic carbocycles.